The molecule has 2 rings (SSSR count). The number of aromatic hydroxyl groups is 1. The van der Waals surface area contributed by atoms with Crippen molar-refractivity contribution in [2.24, 2.45) is 0 Å². The number of phenolic OH excluding ortho intramolecular Hbond substituents is 1. The van der Waals surface area contributed by atoms with Crippen LogP contribution in [0.15, 0.2) is 42.5 Å². The van der Waals surface area contributed by atoms with Crippen LogP contribution in [0.5, 0.6) is 11.5 Å². The van der Waals surface area contributed by atoms with Gasteiger partial charge < -0.3 is 19.9 Å². The molecule has 0 aromatic heterocycles. The molecule has 0 aliphatic rings. The Labute approximate surface area is 140 Å². The Morgan fingerprint density at radius 3 is 2.42 bits per heavy atom. The summed E-state index contributed by atoms with van der Waals surface area (Å²) in [7, 11) is 1.51. The summed E-state index contributed by atoms with van der Waals surface area (Å²) in [6, 6.07) is 11.0. The number of benzene rings is 2. The summed E-state index contributed by atoms with van der Waals surface area (Å²) in [5.74, 6) is -0.546. The van der Waals surface area contributed by atoms with Gasteiger partial charge in [-0.25, -0.2) is 4.79 Å². The number of ether oxygens (including phenoxy) is 2. The molecule has 0 heterocycles. The van der Waals surface area contributed by atoms with E-state index < -0.39 is 18.0 Å². The first-order valence-electron chi connectivity index (χ1n) is 7.36. The van der Waals surface area contributed by atoms with Crippen molar-refractivity contribution in [1.82, 2.24) is 0 Å². The number of nitrogens with one attached hydrogen (secondary N) is 1. The molecule has 1 amide bonds. The van der Waals surface area contributed by atoms with E-state index in [4.69, 9.17) is 9.47 Å². The molecule has 0 bridgehead atoms. The molecule has 0 spiro atoms. The minimum absolute atomic E-state index is 0.0453. The lowest BCUT2D eigenvalue weighted by Gasteiger charge is -2.15. The summed E-state index contributed by atoms with van der Waals surface area (Å²) >= 11 is 0. The molecule has 2 aromatic rings. The molecule has 0 aliphatic carbocycles. The van der Waals surface area contributed by atoms with Gasteiger partial charge in [0.05, 0.1) is 18.4 Å². The summed E-state index contributed by atoms with van der Waals surface area (Å²) in [6.07, 6.45) is -0.989. The van der Waals surface area contributed by atoms with E-state index in [-0.39, 0.29) is 11.3 Å². The molecule has 0 aliphatic heterocycles. The van der Waals surface area contributed by atoms with E-state index in [1.54, 1.807) is 12.1 Å². The van der Waals surface area contributed by atoms with Gasteiger partial charge in [0.2, 0.25) is 0 Å². The largest absolute Gasteiger partial charge is 0.508 e. The molecule has 2 N–H and O–H groups in total. The highest BCUT2D eigenvalue weighted by Crippen LogP contribution is 2.25. The van der Waals surface area contributed by atoms with Crippen LogP contribution in [0.25, 0.3) is 0 Å². The Bertz CT molecular complexity index is 740. The number of methoxy groups -OCH3 is 1. The first-order valence-corrected chi connectivity index (χ1v) is 7.36. The van der Waals surface area contributed by atoms with E-state index in [2.05, 4.69) is 5.32 Å². The maximum atomic E-state index is 12.2. The number of rotatable bonds is 5. The monoisotopic (exact) mass is 329 g/mol. The molecule has 0 fully saturated rings. The van der Waals surface area contributed by atoms with Gasteiger partial charge in [0, 0.05) is 0 Å². The van der Waals surface area contributed by atoms with Crippen LogP contribution >= 0.6 is 0 Å². The highest BCUT2D eigenvalue weighted by atomic mass is 16.5. The van der Waals surface area contributed by atoms with Gasteiger partial charge in [-0.05, 0) is 55.8 Å². The van der Waals surface area contributed by atoms with Crippen molar-refractivity contribution >= 4 is 17.6 Å². The fraction of sp³-hybridized carbons (Fsp3) is 0.222. The first kappa shape index (κ1) is 17.3. The average Bonchev–Trinajstić information content (AvgIpc) is 2.55. The standard InChI is InChI=1S/C18H19NO5/c1-11-4-9-16(23-3)15(10-11)19-17(21)12(2)24-18(22)13-5-7-14(20)8-6-13/h4-10,12,20H,1-3H3,(H,19,21)/t12-/m0/s1. The Kier molecular flexibility index (Phi) is 5.42. The lowest BCUT2D eigenvalue weighted by atomic mass is 10.2. The molecule has 0 unspecified atom stereocenters. The highest BCUT2D eigenvalue weighted by Gasteiger charge is 2.20. The summed E-state index contributed by atoms with van der Waals surface area (Å²) in [6.45, 7) is 3.37. The topological polar surface area (TPSA) is 84.9 Å². The molecule has 0 radical (unpaired) electrons. The van der Waals surface area contributed by atoms with E-state index in [1.807, 2.05) is 13.0 Å². The number of carbonyl (C=O) groups excluding carboxylic acids is 2. The predicted octanol–water partition coefficient (Wildman–Crippen LogP) is 2.89. The average molecular weight is 329 g/mol. The lowest BCUT2D eigenvalue weighted by Crippen LogP contribution is -2.30. The molecule has 2 aromatic carbocycles. The number of hydrogen-bond acceptors (Lipinski definition) is 5. The number of carbonyl (C=O) groups is 2. The third-order valence-electron chi connectivity index (χ3n) is 3.37. The van der Waals surface area contributed by atoms with E-state index >= 15 is 0 Å². The van der Waals surface area contributed by atoms with Crippen LogP contribution in [0.3, 0.4) is 0 Å². The highest BCUT2D eigenvalue weighted by molar-refractivity contribution is 5.98. The van der Waals surface area contributed by atoms with Gasteiger partial charge in [0.25, 0.3) is 5.91 Å². The second-order valence-electron chi connectivity index (χ2n) is 5.29. The van der Waals surface area contributed by atoms with E-state index in [0.29, 0.717) is 11.4 Å². The summed E-state index contributed by atoms with van der Waals surface area (Å²) in [5.41, 5.74) is 1.72. The van der Waals surface area contributed by atoms with Crippen LogP contribution in [-0.4, -0.2) is 30.2 Å². The first-order chi connectivity index (χ1) is 11.4. The second kappa shape index (κ2) is 7.50. The zero-order valence-electron chi connectivity index (χ0n) is 13.7. The fourth-order valence-corrected chi connectivity index (χ4v) is 2.03. The maximum Gasteiger partial charge on any atom is 0.338 e. The van der Waals surface area contributed by atoms with Gasteiger partial charge in [-0.1, -0.05) is 6.07 Å². The Balaban J connectivity index is 2.03. The molecule has 1 atom stereocenters. The van der Waals surface area contributed by atoms with Crippen molar-refractivity contribution in [3.63, 3.8) is 0 Å². The van der Waals surface area contributed by atoms with Crippen molar-refractivity contribution in [3.8, 4) is 11.5 Å². The van der Waals surface area contributed by atoms with Crippen LogP contribution in [-0.2, 0) is 9.53 Å². The van der Waals surface area contributed by atoms with Crippen LogP contribution in [0, 0.1) is 6.92 Å². The third-order valence-corrected chi connectivity index (χ3v) is 3.37. The van der Waals surface area contributed by atoms with Gasteiger partial charge in [0.15, 0.2) is 6.10 Å². The molecule has 0 saturated carbocycles. The van der Waals surface area contributed by atoms with E-state index in [0.717, 1.165) is 5.56 Å². The van der Waals surface area contributed by atoms with Crippen molar-refractivity contribution in [2.75, 3.05) is 12.4 Å². The molecule has 0 saturated heterocycles. The van der Waals surface area contributed by atoms with E-state index in [9.17, 15) is 14.7 Å². The van der Waals surface area contributed by atoms with Gasteiger partial charge in [-0.3, -0.25) is 4.79 Å². The van der Waals surface area contributed by atoms with Crippen LogP contribution in [0.2, 0.25) is 0 Å². The Hall–Kier alpha value is -3.02. The van der Waals surface area contributed by atoms with Crippen molar-refractivity contribution in [2.45, 2.75) is 20.0 Å². The number of anilines is 1. The molecular formula is C18H19NO5. The summed E-state index contributed by atoms with van der Waals surface area (Å²) < 4.78 is 10.3. The van der Waals surface area contributed by atoms with Gasteiger partial charge >= 0.3 is 5.97 Å². The predicted molar refractivity (Wildman–Crippen MR) is 89.3 cm³/mol. The zero-order valence-corrected chi connectivity index (χ0v) is 13.7. The van der Waals surface area contributed by atoms with Gasteiger partial charge in [-0.2, -0.15) is 0 Å². The third kappa shape index (κ3) is 4.25. The zero-order chi connectivity index (χ0) is 17.7. The van der Waals surface area contributed by atoms with Crippen molar-refractivity contribution in [3.05, 3.63) is 53.6 Å². The number of phenols is 1. The smallest absolute Gasteiger partial charge is 0.338 e. The fourth-order valence-electron chi connectivity index (χ4n) is 2.03. The van der Waals surface area contributed by atoms with Crippen LogP contribution < -0.4 is 10.1 Å². The SMILES string of the molecule is COc1ccc(C)cc1NC(=O)[C@H](C)OC(=O)c1ccc(O)cc1. The van der Waals surface area contributed by atoms with Crippen molar-refractivity contribution < 1.29 is 24.2 Å². The van der Waals surface area contributed by atoms with Crippen LogP contribution in [0.1, 0.15) is 22.8 Å². The second-order valence-corrected chi connectivity index (χ2v) is 5.29. The maximum absolute atomic E-state index is 12.2. The van der Waals surface area contributed by atoms with Crippen LogP contribution in [0.4, 0.5) is 5.69 Å². The molecule has 126 valence electrons. The van der Waals surface area contributed by atoms with Gasteiger partial charge in [-0.15, -0.1) is 0 Å². The lowest BCUT2D eigenvalue weighted by molar-refractivity contribution is -0.123. The number of hydrogen-bond donors (Lipinski definition) is 2. The Morgan fingerprint density at radius 1 is 1.12 bits per heavy atom. The number of esters is 1. The molecular weight excluding hydrogens is 310 g/mol. The summed E-state index contributed by atoms with van der Waals surface area (Å²) in [5, 5.41) is 11.9. The van der Waals surface area contributed by atoms with E-state index in [1.165, 1.54) is 38.3 Å². The normalized spacial score (nSPS) is 11.5. The van der Waals surface area contributed by atoms with Gasteiger partial charge in [0.1, 0.15) is 11.5 Å². The summed E-state index contributed by atoms with van der Waals surface area (Å²) in [4.78, 5) is 24.2. The Morgan fingerprint density at radius 2 is 1.79 bits per heavy atom. The van der Waals surface area contributed by atoms with Crippen molar-refractivity contribution in [1.29, 1.82) is 0 Å². The molecule has 6 heteroatoms. The molecule has 6 nitrogen and oxygen atoms in total. The minimum atomic E-state index is -0.989. The quantitative estimate of drug-likeness (QED) is 0.824. The number of aryl methyl sites for hydroxylation is 1. The number of amides is 1. The minimum Gasteiger partial charge on any atom is -0.508 e. The molecule has 24 heavy (non-hydrogen) atoms.